The van der Waals surface area contributed by atoms with Crippen molar-refractivity contribution in [1.29, 1.82) is 5.41 Å². The predicted molar refractivity (Wildman–Crippen MR) is 124 cm³/mol. The third-order valence-electron chi connectivity index (χ3n) is 6.56. The van der Waals surface area contributed by atoms with Gasteiger partial charge in [-0.1, -0.05) is 37.3 Å². The lowest BCUT2D eigenvalue weighted by Gasteiger charge is -2.26. The van der Waals surface area contributed by atoms with Crippen molar-refractivity contribution in [3.63, 3.8) is 0 Å². The van der Waals surface area contributed by atoms with Gasteiger partial charge in [0.15, 0.2) is 0 Å². The van der Waals surface area contributed by atoms with Crippen LogP contribution in [0.1, 0.15) is 64.4 Å². The topological polar surface area (TPSA) is 76.4 Å². The average Bonchev–Trinajstić information content (AvgIpc) is 3.34. The van der Waals surface area contributed by atoms with E-state index in [1.54, 1.807) is 12.3 Å². The Kier molecular flexibility index (Phi) is 6.23. The predicted octanol–water partition coefficient (Wildman–Crippen LogP) is 3.81. The first-order valence-corrected chi connectivity index (χ1v) is 11.2. The Morgan fingerprint density at radius 3 is 2.65 bits per heavy atom. The van der Waals surface area contributed by atoms with Gasteiger partial charge < -0.3 is 20.7 Å². The number of benzene rings is 2. The number of rotatable bonds is 7. The van der Waals surface area contributed by atoms with Crippen LogP contribution in [0.4, 0.5) is 0 Å². The molecule has 1 aliphatic heterocycles. The molecule has 0 saturated heterocycles. The fourth-order valence-electron chi connectivity index (χ4n) is 4.81. The van der Waals surface area contributed by atoms with Gasteiger partial charge in [0, 0.05) is 19.2 Å². The number of carbonyl (C=O) groups excluding carboxylic acids is 1. The molecule has 162 valence electrons. The van der Waals surface area contributed by atoms with E-state index in [0.717, 1.165) is 54.4 Å². The van der Waals surface area contributed by atoms with Gasteiger partial charge in [-0.05, 0) is 78.3 Å². The van der Waals surface area contributed by atoms with Crippen molar-refractivity contribution in [3.8, 4) is 0 Å². The van der Waals surface area contributed by atoms with Crippen LogP contribution in [0.5, 0.6) is 0 Å². The van der Waals surface area contributed by atoms with Crippen LogP contribution in [0.15, 0.2) is 48.7 Å². The Bertz CT molecular complexity index is 1010. The van der Waals surface area contributed by atoms with Crippen molar-refractivity contribution in [3.05, 3.63) is 82.1 Å². The molecule has 3 N–H and O–H groups in total. The summed E-state index contributed by atoms with van der Waals surface area (Å²) in [6, 6.07) is 12.3. The summed E-state index contributed by atoms with van der Waals surface area (Å²) in [6.45, 7) is 2.76. The van der Waals surface area contributed by atoms with E-state index in [-0.39, 0.29) is 11.9 Å². The highest BCUT2D eigenvalue weighted by Gasteiger charge is 2.38. The summed E-state index contributed by atoms with van der Waals surface area (Å²) >= 11 is 0. The first-order chi connectivity index (χ1) is 15.0. The average molecular weight is 418 g/mol. The van der Waals surface area contributed by atoms with Gasteiger partial charge in [0.05, 0.1) is 17.9 Å². The zero-order valence-corrected chi connectivity index (χ0v) is 18.3. The Hall–Kier alpha value is -2.92. The summed E-state index contributed by atoms with van der Waals surface area (Å²) in [6.07, 6.45) is 7.42. The van der Waals surface area contributed by atoms with Gasteiger partial charge in [0.2, 0.25) is 0 Å². The van der Waals surface area contributed by atoms with Crippen molar-refractivity contribution in [2.24, 2.45) is 0 Å². The molecule has 1 heterocycles. The lowest BCUT2D eigenvalue weighted by Crippen LogP contribution is -2.40. The summed E-state index contributed by atoms with van der Waals surface area (Å²) < 4.78 is 0. The highest BCUT2D eigenvalue weighted by molar-refractivity contribution is 6.06. The summed E-state index contributed by atoms with van der Waals surface area (Å²) in [5.74, 6) is 0.0602. The third-order valence-corrected chi connectivity index (χ3v) is 6.56. The molecule has 0 spiro atoms. The minimum absolute atomic E-state index is 0.0479. The van der Waals surface area contributed by atoms with Crippen LogP contribution in [-0.4, -0.2) is 40.8 Å². The molecule has 31 heavy (non-hydrogen) atoms. The van der Waals surface area contributed by atoms with Crippen LogP contribution in [0.2, 0.25) is 0 Å². The van der Waals surface area contributed by atoms with E-state index in [2.05, 4.69) is 36.5 Å². The molecule has 1 fully saturated rings. The van der Waals surface area contributed by atoms with Crippen LogP contribution < -0.4 is 5.32 Å². The first-order valence-electron chi connectivity index (χ1n) is 11.2. The summed E-state index contributed by atoms with van der Waals surface area (Å²) in [7, 11) is 1.81. The SMILES string of the molecule is CCc1cc2c(cc1Cc1ccc(C(=N)/C=C\NC)cc1)C(=O)N([C@H]1CCC[C@@H]1O)C2. The number of aryl methyl sites for hydroxylation is 1. The zero-order valence-electron chi connectivity index (χ0n) is 18.3. The van der Waals surface area contributed by atoms with E-state index in [1.807, 2.05) is 24.1 Å². The molecule has 5 nitrogen and oxygen atoms in total. The molecule has 2 aromatic rings. The number of nitrogens with one attached hydrogen (secondary N) is 2. The Morgan fingerprint density at radius 1 is 1.23 bits per heavy atom. The normalized spacial score (nSPS) is 20.5. The summed E-state index contributed by atoms with van der Waals surface area (Å²) in [4.78, 5) is 15.0. The van der Waals surface area contributed by atoms with Crippen molar-refractivity contribution in [1.82, 2.24) is 10.2 Å². The Labute approximate surface area is 184 Å². The molecule has 5 heteroatoms. The van der Waals surface area contributed by atoms with E-state index < -0.39 is 6.10 Å². The standard InChI is InChI=1S/C26H31N3O2/c1-3-18-14-21-16-29(24-5-4-6-25(24)30)26(31)22(21)15-20(18)13-17-7-9-19(10-8-17)23(27)11-12-28-2/h7-12,14-15,24-25,27-28,30H,3-6,13,16H2,1-2H3/b12-11-,27-23?/t24-,25-/m0/s1. The second-order valence-electron chi connectivity index (χ2n) is 8.54. The molecular formula is C26H31N3O2. The van der Waals surface area contributed by atoms with Gasteiger partial charge >= 0.3 is 0 Å². The van der Waals surface area contributed by atoms with Crippen molar-refractivity contribution >= 4 is 11.6 Å². The number of nitrogens with zero attached hydrogens (tertiary/aromatic N) is 1. The highest BCUT2D eigenvalue weighted by atomic mass is 16.3. The number of fused-ring (bicyclic) bond motifs is 1. The maximum atomic E-state index is 13.1. The molecule has 2 aliphatic rings. The van der Waals surface area contributed by atoms with Gasteiger partial charge in [0.1, 0.15) is 0 Å². The summed E-state index contributed by atoms with van der Waals surface area (Å²) in [5.41, 5.74) is 6.84. The number of amides is 1. The van der Waals surface area contributed by atoms with Crippen LogP contribution in [-0.2, 0) is 19.4 Å². The van der Waals surface area contributed by atoms with Crippen LogP contribution in [0.3, 0.4) is 0 Å². The zero-order chi connectivity index (χ0) is 22.0. The number of hydrogen-bond acceptors (Lipinski definition) is 4. The molecule has 0 bridgehead atoms. The van der Waals surface area contributed by atoms with E-state index in [9.17, 15) is 9.90 Å². The van der Waals surface area contributed by atoms with E-state index in [0.29, 0.717) is 12.3 Å². The Balaban J connectivity index is 1.55. The molecule has 1 amide bonds. The van der Waals surface area contributed by atoms with Gasteiger partial charge in [-0.15, -0.1) is 0 Å². The summed E-state index contributed by atoms with van der Waals surface area (Å²) in [5, 5.41) is 21.3. The highest BCUT2D eigenvalue weighted by Crippen LogP contribution is 2.34. The molecule has 0 unspecified atom stereocenters. The van der Waals surface area contributed by atoms with Crippen LogP contribution >= 0.6 is 0 Å². The molecule has 4 rings (SSSR count). The Morgan fingerprint density at radius 2 is 2.00 bits per heavy atom. The maximum Gasteiger partial charge on any atom is 0.254 e. The van der Waals surface area contributed by atoms with E-state index >= 15 is 0 Å². The van der Waals surface area contributed by atoms with Crippen molar-refractivity contribution in [2.45, 2.75) is 57.7 Å². The van der Waals surface area contributed by atoms with Crippen molar-refractivity contribution < 1.29 is 9.90 Å². The van der Waals surface area contributed by atoms with Gasteiger partial charge in [-0.25, -0.2) is 0 Å². The molecular weight excluding hydrogens is 386 g/mol. The van der Waals surface area contributed by atoms with Crippen LogP contribution in [0, 0.1) is 5.41 Å². The maximum absolute atomic E-state index is 13.1. The lowest BCUT2D eigenvalue weighted by molar-refractivity contribution is 0.0479. The second-order valence-corrected chi connectivity index (χ2v) is 8.54. The molecule has 1 saturated carbocycles. The smallest absolute Gasteiger partial charge is 0.254 e. The fourth-order valence-corrected chi connectivity index (χ4v) is 4.81. The molecule has 0 aromatic heterocycles. The fraction of sp³-hybridized carbons (Fsp3) is 0.385. The minimum Gasteiger partial charge on any atom is -0.394 e. The van der Waals surface area contributed by atoms with E-state index in [1.165, 1.54) is 11.1 Å². The van der Waals surface area contributed by atoms with Crippen LogP contribution in [0.25, 0.3) is 0 Å². The molecule has 0 radical (unpaired) electrons. The van der Waals surface area contributed by atoms with Gasteiger partial charge in [-0.3, -0.25) is 4.79 Å². The molecule has 2 atom stereocenters. The van der Waals surface area contributed by atoms with E-state index in [4.69, 9.17) is 5.41 Å². The second kappa shape index (κ2) is 9.06. The number of allylic oxidation sites excluding steroid dienone is 1. The van der Waals surface area contributed by atoms with Crippen molar-refractivity contribution in [2.75, 3.05) is 7.05 Å². The monoisotopic (exact) mass is 417 g/mol. The lowest BCUT2D eigenvalue weighted by atomic mass is 9.93. The molecule has 1 aliphatic carbocycles. The largest absolute Gasteiger partial charge is 0.394 e. The number of hydrogen-bond donors (Lipinski definition) is 3. The number of aliphatic hydroxyl groups excluding tert-OH is 1. The quantitative estimate of drug-likeness (QED) is 0.600. The third kappa shape index (κ3) is 4.28. The first kappa shape index (κ1) is 21.3. The molecule has 2 aromatic carbocycles. The number of aliphatic hydroxyl groups is 1. The minimum atomic E-state index is -0.399. The van der Waals surface area contributed by atoms with Gasteiger partial charge in [-0.2, -0.15) is 0 Å². The van der Waals surface area contributed by atoms with Gasteiger partial charge in [0.25, 0.3) is 5.91 Å². The number of carbonyl (C=O) groups is 1.